The van der Waals surface area contributed by atoms with Gasteiger partial charge in [0.25, 0.3) is 0 Å². The van der Waals surface area contributed by atoms with Crippen molar-refractivity contribution in [2.45, 2.75) is 25.3 Å². The number of nitrogens with one attached hydrogen (secondary N) is 1. The smallest absolute Gasteiger partial charge is 0.228 e. The second-order valence-electron chi connectivity index (χ2n) is 4.63. The van der Waals surface area contributed by atoms with Crippen LogP contribution < -0.4 is 5.32 Å². The zero-order valence-corrected chi connectivity index (χ0v) is 11.8. The molecule has 1 aliphatic heterocycles. The monoisotopic (exact) mass is 325 g/mol. The van der Waals surface area contributed by atoms with Crippen molar-refractivity contribution in [1.29, 1.82) is 0 Å². The Labute approximate surface area is 118 Å². The molecule has 1 fully saturated rings. The van der Waals surface area contributed by atoms with E-state index in [0.29, 0.717) is 22.2 Å². The molecule has 1 aromatic carbocycles. The minimum absolute atomic E-state index is 0.297. The van der Waals surface area contributed by atoms with Crippen molar-refractivity contribution in [3.05, 3.63) is 34.4 Å². The molecule has 4 nitrogen and oxygen atoms in total. The van der Waals surface area contributed by atoms with Gasteiger partial charge in [-0.2, -0.15) is 4.98 Å². The van der Waals surface area contributed by atoms with Gasteiger partial charge in [0.15, 0.2) is 0 Å². The molecule has 0 amide bonds. The van der Waals surface area contributed by atoms with Gasteiger partial charge in [0.2, 0.25) is 11.7 Å². The van der Waals surface area contributed by atoms with Crippen LogP contribution in [0.4, 0.5) is 4.39 Å². The first-order valence-corrected chi connectivity index (χ1v) is 7.03. The lowest BCUT2D eigenvalue weighted by atomic mass is 10.1. The van der Waals surface area contributed by atoms with Crippen LogP contribution in [0.5, 0.6) is 0 Å². The molecule has 100 valence electrons. The molecule has 0 aliphatic carbocycles. The maximum Gasteiger partial charge on any atom is 0.228 e. The second-order valence-corrected chi connectivity index (χ2v) is 5.49. The van der Waals surface area contributed by atoms with Crippen LogP contribution in [0.3, 0.4) is 0 Å². The first-order chi connectivity index (χ1) is 9.22. The van der Waals surface area contributed by atoms with Crippen molar-refractivity contribution in [3.8, 4) is 11.4 Å². The molecule has 0 spiro atoms. The second kappa shape index (κ2) is 5.38. The topological polar surface area (TPSA) is 51.0 Å². The van der Waals surface area contributed by atoms with Crippen LogP contribution in [0.2, 0.25) is 0 Å². The van der Waals surface area contributed by atoms with Gasteiger partial charge < -0.3 is 9.84 Å². The van der Waals surface area contributed by atoms with Gasteiger partial charge in [-0.3, -0.25) is 0 Å². The molecule has 19 heavy (non-hydrogen) atoms. The Morgan fingerprint density at radius 3 is 3.11 bits per heavy atom. The third kappa shape index (κ3) is 2.84. The molecular weight excluding hydrogens is 313 g/mol. The Hall–Kier alpha value is -1.27. The van der Waals surface area contributed by atoms with Gasteiger partial charge in [0, 0.05) is 22.5 Å². The first kappa shape index (κ1) is 12.7. The summed E-state index contributed by atoms with van der Waals surface area (Å²) < 4.78 is 18.9. The van der Waals surface area contributed by atoms with Crippen LogP contribution >= 0.6 is 15.9 Å². The highest BCUT2D eigenvalue weighted by Crippen LogP contribution is 2.27. The van der Waals surface area contributed by atoms with Crippen molar-refractivity contribution >= 4 is 15.9 Å². The van der Waals surface area contributed by atoms with Crippen molar-refractivity contribution < 1.29 is 8.91 Å². The van der Waals surface area contributed by atoms with Gasteiger partial charge in [-0.1, -0.05) is 5.16 Å². The number of nitrogens with zero attached hydrogens (tertiary/aromatic N) is 2. The highest BCUT2D eigenvalue weighted by atomic mass is 79.9. The molecule has 1 saturated heterocycles. The standard InChI is InChI=1S/C13H13BrFN3O/c14-11-6-8(15)3-4-10(11)13-17-12(19-18-13)7-9-2-1-5-16-9/h3-4,6,9,16H,1-2,5,7H2. The van der Waals surface area contributed by atoms with E-state index in [0.717, 1.165) is 24.9 Å². The number of hydrogen-bond donors (Lipinski definition) is 1. The van der Waals surface area contributed by atoms with Crippen LogP contribution in [0.15, 0.2) is 27.2 Å². The molecule has 2 aromatic rings. The Bertz CT molecular complexity index is 581. The van der Waals surface area contributed by atoms with E-state index in [-0.39, 0.29) is 5.82 Å². The number of rotatable bonds is 3. The number of halogens is 2. The van der Waals surface area contributed by atoms with E-state index in [1.54, 1.807) is 6.07 Å². The molecule has 2 heterocycles. The van der Waals surface area contributed by atoms with Crippen LogP contribution in [0.25, 0.3) is 11.4 Å². The minimum Gasteiger partial charge on any atom is -0.339 e. The Kier molecular flexibility index (Phi) is 3.61. The molecule has 1 unspecified atom stereocenters. The van der Waals surface area contributed by atoms with Crippen molar-refractivity contribution in [1.82, 2.24) is 15.5 Å². The largest absolute Gasteiger partial charge is 0.339 e. The zero-order chi connectivity index (χ0) is 13.2. The van der Waals surface area contributed by atoms with Gasteiger partial charge in [-0.05, 0) is 53.5 Å². The van der Waals surface area contributed by atoms with Crippen LogP contribution in [-0.2, 0) is 6.42 Å². The normalized spacial score (nSPS) is 18.9. The molecular formula is C13H13BrFN3O. The summed E-state index contributed by atoms with van der Waals surface area (Å²) in [6.45, 7) is 1.05. The summed E-state index contributed by atoms with van der Waals surface area (Å²) in [5.41, 5.74) is 0.732. The van der Waals surface area contributed by atoms with Gasteiger partial charge in [0.05, 0.1) is 0 Å². The van der Waals surface area contributed by atoms with Crippen molar-refractivity contribution in [3.63, 3.8) is 0 Å². The highest BCUT2D eigenvalue weighted by Gasteiger charge is 2.19. The Morgan fingerprint density at radius 2 is 2.37 bits per heavy atom. The zero-order valence-electron chi connectivity index (χ0n) is 10.2. The van der Waals surface area contributed by atoms with E-state index < -0.39 is 0 Å². The molecule has 0 radical (unpaired) electrons. The van der Waals surface area contributed by atoms with Crippen molar-refractivity contribution in [2.75, 3.05) is 6.54 Å². The molecule has 1 N–H and O–H groups in total. The maximum atomic E-state index is 13.0. The SMILES string of the molecule is Fc1ccc(-c2noc(CC3CCCN3)n2)c(Br)c1. The molecule has 1 aliphatic rings. The fourth-order valence-electron chi connectivity index (χ4n) is 2.26. The maximum absolute atomic E-state index is 13.0. The minimum atomic E-state index is -0.297. The van der Waals surface area contributed by atoms with Gasteiger partial charge in [-0.15, -0.1) is 0 Å². The molecule has 1 aromatic heterocycles. The van der Waals surface area contributed by atoms with Crippen LogP contribution in [0, 0.1) is 5.82 Å². The lowest BCUT2D eigenvalue weighted by Gasteiger charge is -2.04. The van der Waals surface area contributed by atoms with Crippen molar-refractivity contribution in [2.24, 2.45) is 0 Å². The lowest BCUT2D eigenvalue weighted by Crippen LogP contribution is -2.23. The first-order valence-electron chi connectivity index (χ1n) is 6.24. The molecule has 6 heteroatoms. The molecule has 1 atom stereocenters. The Morgan fingerprint density at radius 1 is 1.47 bits per heavy atom. The molecule has 0 saturated carbocycles. The molecule has 3 rings (SSSR count). The van der Waals surface area contributed by atoms with Gasteiger partial charge in [-0.25, -0.2) is 4.39 Å². The average Bonchev–Trinajstić information content (AvgIpc) is 3.01. The van der Waals surface area contributed by atoms with Gasteiger partial charge >= 0.3 is 0 Å². The number of hydrogen-bond acceptors (Lipinski definition) is 4. The fourth-order valence-corrected chi connectivity index (χ4v) is 2.79. The van der Waals surface area contributed by atoms with Crippen LogP contribution in [-0.4, -0.2) is 22.7 Å². The summed E-state index contributed by atoms with van der Waals surface area (Å²) in [7, 11) is 0. The van der Waals surface area contributed by atoms with E-state index in [4.69, 9.17) is 4.52 Å². The van der Waals surface area contributed by atoms with E-state index in [1.807, 2.05) is 0 Å². The fraction of sp³-hybridized carbons (Fsp3) is 0.385. The van der Waals surface area contributed by atoms with E-state index in [2.05, 4.69) is 31.4 Å². The Balaban J connectivity index is 1.80. The van der Waals surface area contributed by atoms with E-state index in [1.165, 1.54) is 18.6 Å². The summed E-state index contributed by atoms with van der Waals surface area (Å²) in [4.78, 5) is 4.36. The predicted octanol–water partition coefficient (Wildman–Crippen LogP) is 2.93. The predicted molar refractivity (Wildman–Crippen MR) is 72.1 cm³/mol. The summed E-state index contributed by atoms with van der Waals surface area (Å²) in [5.74, 6) is 0.806. The van der Waals surface area contributed by atoms with Crippen LogP contribution in [0.1, 0.15) is 18.7 Å². The lowest BCUT2D eigenvalue weighted by molar-refractivity contribution is 0.364. The number of benzene rings is 1. The van der Waals surface area contributed by atoms with Gasteiger partial charge in [0.1, 0.15) is 5.82 Å². The van der Waals surface area contributed by atoms with E-state index >= 15 is 0 Å². The third-order valence-corrected chi connectivity index (χ3v) is 3.88. The average molecular weight is 326 g/mol. The molecule has 0 bridgehead atoms. The summed E-state index contributed by atoms with van der Waals surface area (Å²) in [5, 5.41) is 7.34. The summed E-state index contributed by atoms with van der Waals surface area (Å²) in [6, 6.07) is 4.84. The summed E-state index contributed by atoms with van der Waals surface area (Å²) >= 11 is 3.31. The quantitative estimate of drug-likeness (QED) is 0.942. The third-order valence-electron chi connectivity index (χ3n) is 3.22. The summed E-state index contributed by atoms with van der Waals surface area (Å²) in [6.07, 6.45) is 3.07. The van der Waals surface area contributed by atoms with E-state index in [9.17, 15) is 4.39 Å². The highest BCUT2D eigenvalue weighted by molar-refractivity contribution is 9.10. The number of aromatic nitrogens is 2.